The number of hydrogen-bond acceptors (Lipinski definition) is 3. The summed E-state index contributed by atoms with van der Waals surface area (Å²) in [4.78, 5) is 15.1. The third-order valence-corrected chi connectivity index (χ3v) is 5.87. The maximum absolute atomic E-state index is 13.1. The van der Waals surface area contributed by atoms with Crippen molar-refractivity contribution in [3.63, 3.8) is 0 Å². The normalized spacial score (nSPS) is 21.9. The summed E-state index contributed by atoms with van der Waals surface area (Å²) >= 11 is 0. The van der Waals surface area contributed by atoms with Crippen molar-refractivity contribution < 1.29 is 4.79 Å². The molecule has 6 heteroatoms. The smallest absolute Gasteiger partial charge is 0.253 e. The number of piperidine rings is 1. The summed E-state index contributed by atoms with van der Waals surface area (Å²) in [7, 11) is 0. The van der Waals surface area contributed by atoms with E-state index in [9.17, 15) is 4.79 Å². The summed E-state index contributed by atoms with van der Waals surface area (Å²) in [6.07, 6.45) is 9.93. The molecule has 1 atom stereocenters. The second-order valence-electron chi connectivity index (χ2n) is 7.38. The predicted octanol–water partition coefficient (Wildman–Crippen LogP) is 2.72. The highest BCUT2D eigenvalue weighted by Gasteiger charge is 2.44. The third kappa shape index (κ3) is 2.36. The van der Waals surface area contributed by atoms with Crippen molar-refractivity contribution in [2.24, 2.45) is 0 Å². The first-order chi connectivity index (χ1) is 12.8. The lowest BCUT2D eigenvalue weighted by Crippen LogP contribution is -2.47. The zero-order valence-electron chi connectivity index (χ0n) is 14.6. The van der Waals surface area contributed by atoms with Crippen molar-refractivity contribution >= 4 is 5.91 Å². The minimum absolute atomic E-state index is 0.0642. The van der Waals surface area contributed by atoms with Gasteiger partial charge >= 0.3 is 0 Å². The van der Waals surface area contributed by atoms with E-state index in [0.29, 0.717) is 0 Å². The fraction of sp³-hybridized carbons (Fsp3) is 0.350. The molecule has 6 nitrogen and oxygen atoms in total. The lowest BCUT2D eigenvalue weighted by atomic mass is 9.77. The van der Waals surface area contributed by atoms with Crippen LogP contribution >= 0.6 is 0 Å². The molecule has 2 aliphatic rings. The summed E-state index contributed by atoms with van der Waals surface area (Å²) in [5, 5.41) is 11.6. The summed E-state index contributed by atoms with van der Waals surface area (Å²) in [5.41, 5.74) is 4.33. The van der Waals surface area contributed by atoms with E-state index in [1.165, 1.54) is 11.3 Å². The number of carbonyl (C=O) groups is 1. The Bertz CT molecular complexity index is 928. The lowest BCUT2D eigenvalue weighted by molar-refractivity contribution is 0.0633. The Morgan fingerprint density at radius 3 is 2.88 bits per heavy atom. The number of benzene rings is 1. The van der Waals surface area contributed by atoms with E-state index < -0.39 is 0 Å². The molecule has 26 heavy (non-hydrogen) atoms. The molecule has 1 saturated heterocycles. The minimum Gasteiger partial charge on any atom is -0.338 e. The molecular weight excluding hydrogens is 326 g/mol. The molecule has 1 aliphatic carbocycles. The van der Waals surface area contributed by atoms with Crippen molar-refractivity contribution in [2.75, 3.05) is 13.1 Å². The Labute approximate surface area is 151 Å². The van der Waals surface area contributed by atoms with Gasteiger partial charge in [-0.3, -0.25) is 9.89 Å². The van der Waals surface area contributed by atoms with Crippen molar-refractivity contribution in [1.82, 2.24) is 24.9 Å². The molecule has 3 heterocycles. The quantitative estimate of drug-likeness (QED) is 0.775. The number of fused-ring (bicyclic) bond motifs is 2. The van der Waals surface area contributed by atoms with Crippen LogP contribution in [-0.4, -0.2) is 43.9 Å². The molecule has 0 saturated carbocycles. The molecule has 1 spiro atoms. The van der Waals surface area contributed by atoms with Gasteiger partial charge in [0.05, 0.1) is 11.9 Å². The highest BCUT2D eigenvalue weighted by molar-refractivity contribution is 5.94. The number of H-pyrrole nitrogens is 1. The van der Waals surface area contributed by atoms with Crippen LogP contribution in [0.2, 0.25) is 0 Å². The largest absolute Gasteiger partial charge is 0.338 e. The number of nitrogens with zero attached hydrogens (tertiary/aromatic N) is 4. The van der Waals surface area contributed by atoms with Gasteiger partial charge in [-0.25, -0.2) is 4.68 Å². The Morgan fingerprint density at radius 2 is 2.08 bits per heavy atom. The van der Waals surface area contributed by atoms with Crippen molar-refractivity contribution in [3.05, 3.63) is 65.7 Å². The number of likely N-dealkylation sites (tertiary alicyclic amines) is 1. The topological polar surface area (TPSA) is 66.8 Å². The number of aryl methyl sites for hydroxylation is 1. The van der Waals surface area contributed by atoms with Crippen LogP contribution in [0.25, 0.3) is 5.69 Å². The van der Waals surface area contributed by atoms with E-state index in [0.717, 1.165) is 50.0 Å². The average Bonchev–Trinajstić information content (AvgIpc) is 3.42. The van der Waals surface area contributed by atoms with Crippen LogP contribution in [0.15, 0.2) is 48.9 Å². The van der Waals surface area contributed by atoms with Crippen molar-refractivity contribution in [3.8, 4) is 5.69 Å². The number of carbonyl (C=O) groups excluding carboxylic acids is 1. The zero-order valence-corrected chi connectivity index (χ0v) is 14.6. The third-order valence-electron chi connectivity index (χ3n) is 5.87. The minimum atomic E-state index is 0.0642. The van der Waals surface area contributed by atoms with Gasteiger partial charge in [-0.05, 0) is 61.6 Å². The van der Waals surface area contributed by atoms with Crippen molar-refractivity contribution in [2.45, 2.75) is 31.1 Å². The van der Waals surface area contributed by atoms with Gasteiger partial charge in [-0.1, -0.05) is 0 Å². The molecule has 1 N–H and O–H groups in total. The molecule has 1 aromatic carbocycles. The second kappa shape index (κ2) is 5.83. The number of amides is 1. The van der Waals surface area contributed by atoms with E-state index >= 15 is 0 Å². The first kappa shape index (κ1) is 15.4. The predicted molar refractivity (Wildman–Crippen MR) is 97.3 cm³/mol. The Kier molecular flexibility index (Phi) is 3.45. The molecule has 2 aromatic heterocycles. The molecular formula is C20H21N5O. The van der Waals surface area contributed by atoms with E-state index in [2.05, 4.69) is 15.3 Å². The maximum atomic E-state index is 13.1. The van der Waals surface area contributed by atoms with E-state index in [1.54, 1.807) is 10.9 Å². The van der Waals surface area contributed by atoms with Crippen LogP contribution in [0.1, 0.15) is 40.9 Å². The Hall–Kier alpha value is -2.89. The molecule has 3 aromatic rings. The van der Waals surface area contributed by atoms with Gasteiger partial charge in [0.25, 0.3) is 5.91 Å². The number of rotatable bonds is 2. The van der Waals surface area contributed by atoms with Crippen LogP contribution in [0, 0.1) is 0 Å². The van der Waals surface area contributed by atoms with Gasteiger partial charge in [0, 0.05) is 42.2 Å². The van der Waals surface area contributed by atoms with Gasteiger partial charge in [0.15, 0.2) is 0 Å². The van der Waals surface area contributed by atoms with E-state index in [4.69, 9.17) is 0 Å². The highest BCUT2D eigenvalue weighted by atomic mass is 16.2. The molecule has 1 amide bonds. The molecule has 1 fully saturated rings. The standard InChI is InChI=1S/C20H21N5O/c26-19(15-3-5-17(6-4-15)25-12-2-10-22-25)24-11-1-8-20(14-24)9-7-16-13-21-23-18(16)20/h2-6,10,12-13H,1,7-9,11,14H2,(H,21,23). The van der Waals surface area contributed by atoms with Crippen LogP contribution in [-0.2, 0) is 11.8 Å². The zero-order chi connectivity index (χ0) is 17.6. The summed E-state index contributed by atoms with van der Waals surface area (Å²) in [6.45, 7) is 1.60. The Balaban J connectivity index is 1.37. The SMILES string of the molecule is O=C(c1ccc(-n2cccn2)cc1)N1CCCC2(CCc3cn[nH]c32)C1. The number of hydrogen-bond donors (Lipinski definition) is 1. The first-order valence-corrected chi connectivity index (χ1v) is 9.17. The van der Waals surface area contributed by atoms with Crippen LogP contribution in [0.5, 0.6) is 0 Å². The molecule has 132 valence electrons. The van der Waals surface area contributed by atoms with Crippen LogP contribution < -0.4 is 0 Å². The average molecular weight is 347 g/mol. The monoisotopic (exact) mass is 347 g/mol. The molecule has 0 radical (unpaired) electrons. The van der Waals surface area contributed by atoms with Gasteiger partial charge in [-0.2, -0.15) is 10.2 Å². The first-order valence-electron chi connectivity index (χ1n) is 9.17. The van der Waals surface area contributed by atoms with E-state index in [-0.39, 0.29) is 11.3 Å². The van der Waals surface area contributed by atoms with Crippen LogP contribution in [0.4, 0.5) is 0 Å². The van der Waals surface area contributed by atoms with E-state index in [1.807, 2.05) is 47.6 Å². The molecule has 5 rings (SSSR count). The number of aromatic nitrogens is 4. The summed E-state index contributed by atoms with van der Waals surface area (Å²) in [5.74, 6) is 0.115. The fourth-order valence-corrected chi connectivity index (χ4v) is 4.53. The number of nitrogens with one attached hydrogen (secondary N) is 1. The summed E-state index contributed by atoms with van der Waals surface area (Å²) in [6, 6.07) is 9.58. The highest BCUT2D eigenvalue weighted by Crippen LogP contribution is 2.44. The number of aromatic amines is 1. The van der Waals surface area contributed by atoms with Crippen LogP contribution in [0.3, 0.4) is 0 Å². The lowest BCUT2D eigenvalue weighted by Gasteiger charge is -2.40. The molecule has 1 aliphatic heterocycles. The summed E-state index contributed by atoms with van der Waals surface area (Å²) < 4.78 is 1.79. The molecule has 1 unspecified atom stereocenters. The van der Waals surface area contributed by atoms with Gasteiger partial charge in [0.1, 0.15) is 0 Å². The van der Waals surface area contributed by atoms with Gasteiger partial charge in [0.2, 0.25) is 0 Å². The van der Waals surface area contributed by atoms with Gasteiger partial charge in [-0.15, -0.1) is 0 Å². The molecule has 0 bridgehead atoms. The van der Waals surface area contributed by atoms with Crippen molar-refractivity contribution in [1.29, 1.82) is 0 Å². The second-order valence-corrected chi connectivity index (χ2v) is 7.38. The Morgan fingerprint density at radius 1 is 1.19 bits per heavy atom. The maximum Gasteiger partial charge on any atom is 0.253 e. The van der Waals surface area contributed by atoms with Gasteiger partial charge < -0.3 is 4.90 Å². The fourth-order valence-electron chi connectivity index (χ4n) is 4.53.